The molecule has 2 saturated heterocycles. The van der Waals surface area contributed by atoms with E-state index in [1.54, 1.807) is 13.8 Å². The van der Waals surface area contributed by atoms with Crippen molar-refractivity contribution in [1.82, 2.24) is 14.5 Å². The molecule has 0 amide bonds. The van der Waals surface area contributed by atoms with Crippen molar-refractivity contribution in [2.24, 2.45) is 0 Å². The molecule has 13 heteroatoms. The number of anilines is 1. The summed E-state index contributed by atoms with van der Waals surface area (Å²) in [6.07, 6.45) is -3.21. The number of nitrogens with one attached hydrogen (secondary N) is 1. The Balaban J connectivity index is 1.44. The van der Waals surface area contributed by atoms with E-state index < -0.39 is 49.3 Å². The summed E-state index contributed by atoms with van der Waals surface area (Å²) in [5, 5.41) is 22.2. The topological polar surface area (TPSA) is 171 Å². The fourth-order valence-corrected chi connectivity index (χ4v) is 6.20. The van der Waals surface area contributed by atoms with Crippen molar-refractivity contribution in [2.45, 2.75) is 63.1 Å². The van der Waals surface area contributed by atoms with E-state index in [0.29, 0.717) is 6.42 Å². The van der Waals surface area contributed by atoms with E-state index in [1.165, 1.54) is 23.8 Å². The fraction of sp³-hybridized carbons (Fsp3) is 0.455. The van der Waals surface area contributed by atoms with Crippen LogP contribution in [0.1, 0.15) is 45.1 Å². The average Bonchev–Trinajstić information content (AvgIpc) is 3.27. The zero-order chi connectivity index (χ0) is 25.2. The minimum atomic E-state index is -4.26. The number of nitrogens with zero attached hydrogens (tertiary/aromatic N) is 2. The van der Waals surface area contributed by atoms with Crippen molar-refractivity contribution < 1.29 is 33.1 Å². The van der Waals surface area contributed by atoms with Crippen LogP contribution in [0.3, 0.4) is 0 Å². The fourth-order valence-electron chi connectivity index (χ4n) is 4.46. The van der Waals surface area contributed by atoms with Gasteiger partial charge >= 0.3 is 7.82 Å². The molecule has 12 nitrogen and oxygen atoms in total. The molecule has 6 atom stereocenters. The molecule has 2 aromatic heterocycles. The molecule has 2 aliphatic rings. The molecule has 0 saturated carbocycles. The summed E-state index contributed by atoms with van der Waals surface area (Å²) in [5.74, 6) is -0.129. The quantitative estimate of drug-likeness (QED) is 0.385. The second-order valence-electron chi connectivity index (χ2n) is 9.55. The van der Waals surface area contributed by atoms with E-state index in [1.807, 2.05) is 30.3 Å². The smallest absolute Gasteiger partial charge is 0.385 e. The van der Waals surface area contributed by atoms with Crippen LogP contribution in [0.15, 0.2) is 47.4 Å². The number of hydrogen-bond donors (Lipinski definition) is 4. The van der Waals surface area contributed by atoms with Gasteiger partial charge in [-0.1, -0.05) is 30.3 Å². The van der Waals surface area contributed by atoms with Gasteiger partial charge in [-0.05, 0) is 32.4 Å². The van der Waals surface area contributed by atoms with E-state index in [2.05, 4.69) is 9.97 Å². The minimum Gasteiger partial charge on any atom is -0.385 e. The lowest BCUT2D eigenvalue weighted by Gasteiger charge is -2.39. The number of aliphatic hydroxyl groups is 2. The van der Waals surface area contributed by atoms with Crippen LogP contribution in [0.5, 0.6) is 0 Å². The van der Waals surface area contributed by atoms with Gasteiger partial charge in [0.1, 0.15) is 11.7 Å². The first-order valence-corrected chi connectivity index (χ1v) is 12.5. The molecule has 4 heterocycles. The van der Waals surface area contributed by atoms with Crippen LogP contribution in [0.25, 0.3) is 11.0 Å². The van der Waals surface area contributed by atoms with Crippen molar-refractivity contribution in [3.63, 3.8) is 0 Å². The standard InChI is InChI=1S/C22H27N4O8P/c1-21(2)11-14(12-7-5-4-6-8-12)32-35(30,34-21)33-18-15(27)22(3,29)19(31-18)26-10-9-13-16(26)24-20(23)25-17(13)28/h4-10,14-15,18-19,27,29H,11H2,1-3H3,(H3,23,24,25,28)/t14-,15-,18?,19-,22-,35?/m1/s1. The summed E-state index contributed by atoms with van der Waals surface area (Å²) in [4.78, 5) is 18.7. The highest BCUT2D eigenvalue weighted by Crippen LogP contribution is 2.63. The van der Waals surface area contributed by atoms with Gasteiger partial charge in [0, 0.05) is 12.6 Å². The van der Waals surface area contributed by atoms with Crippen LogP contribution < -0.4 is 11.3 Å². The first kappa shape index (κ1) is 24.1. The number of hydrogen-bond acceptors (Lipinski definition) is 10. The largest absolute Gasteiger partial charge is 0.478 e. The highest BCUT2D eigenvalue weighted by Gasteiger charge is 2.57. The number of aromatic nitrogens is 3. The van der Waals surface area contributed by atoms with Gasteiger partial charge in [-0.2, -0.15) is 4.98 Å². The first-order chi connectivity index (χ1) is 16.4. The van der Waals surface area contributed by atoms with Crippen molar-refractivity contribution in [3.05, 3.63) is 58.5 Å². The molecular weight excluding hydrogens is 479 g/mol. The SMILES string of the molecule is CC1(C)C[C@H](c2ccccc2)OP(=O)(OC2O[C@@H](n3ccc4c(=O)[nH]c(N)nc43)[C@](C)(O)[C@@H]2O)O1. The summed E-state index contributed by atoms with van der Waals surface area (Å²) in [6.45, 7) is 4.83. The molecule has 5 N–H and O–H groups in total. The molecule has 2 fully saturated rings. The van der Waals surface area contributed by atoms with Crippen molar-refractivity contribution in [2.75, 3.05) is 5.73 Å². The Morgan fingerprint density at radius 3 is 2.69 bits per heavy atom. The third kappa shape index (κ3) is 4.31. The van der Waals surface area contributed by atoms with Gasteiger partial charge in [0.05, 0.1) is 17.1 Å². The number of phosphoric acid groups is 1. The second kappa shape index (κ2) is 8.24. The summed E-state index contributed by atoms with van der Waals surface area (Å²) >= 11 is 0. The summed E-state index contributed by atoms with van der Waals surface area (Å²) < 4.78 is 37.8. The number of nitrogen functional groups attached to an aromatic ring is 1. The Morgan fingerprint density at radius 2 is 1.97 bits per heavy atom. The van der Waals surface area contributed by atoms with E-state index in [-0.39, 0.29) is 17.0 Å². The predicted octanol–water partition coefficient (Wildman–Crippen LogP) is 2.36. The maximum absolute atomic E-state index is 13.6. The molecule has 3 aromatic rings. The lowest BCUT2D eigenvalue weighted by atomic mass is 9.96. The van der Waals surface area contributed by atoms with Gasteiger partial charge in [-0.15, -0.1) is 0 Å². The number of phosphoric ester groups is 1. The molecule has 35 heavy (non-hydrogen) atoms. The summed E-state index contributed by atoms with van der Waals surface area (Å²) in [7, 11) is -4.26. The van der Waals surface area contributed by atoms with Gasteiger partial charge < -0.3 is 25.3 Å². The maximum Gasteiger partial charge on any atom is 0.478 e. The molecule has 0 radical (unpaired) electrons. The number of H-pyrrole nitrogens is 1. The van der Waals surface area contributed by atoms with Crippen LogP contribution in [0, 0.1) is 0 Å². The lowest BCUT2D eigenvalue weighted by Crippen LogP contribution is -2.44. The Labute approximate surface area is 200 Å². The molecule has 0 aliphatic carbocycles. The molecule has 5 rings (SSSR count). The molecule has 0 bridgehead atoms. The van der Waals surface area contributed by atoms with Crippen LogP contribution >= 0.6 is 7.82 Å². The average molecular weight is 506 g/mol. The minimum absolute atomic E-state index is 0.129. The van der Waals surface area contributed by atoms with E-state index >= 15 is 0 Å². The van der Waals surface area contributed by atoms with Crippen molar-refractivity contribution in [3.8, 4) is 0 Å². The zero-order valence-electron chi connectivity index (χ0n) is 19.3. The van der Waals surface area contributed by atoms with Crippen LogP contribution in [0.4, 0.5) is 5.95 Å². The number of rotatable bonds is 4. The number of aromatic amines is 1. The number of ether oxygens (including phenoxy) is 1. The number of aliphatic hydroxyl groups excluding tert-OH is 1. The Bertz CT molecular complexity index is 1350. The molecule has 2 aliphatic heterocycles. The molecule has 0 spiro atoms. The Kier molecular flexibility index (Phi) is 5.68. The van der Waals surface area contributed by atoms with Gasteiger partial charge in [-0.25, -0.2) is 4.57 Å². The third-order valence-electron chi connectivity index (χ3n) is 6.17. The monoisotopic (exact) mass is 506 g/mol. The van der Waals surface area contributed by atoms with Gasteiger partial charge in [0.25, 0.3) is 5.56 Å². The Morgan fingerprint density at radius 1 is 1.26 bits per heavy atom. The Hall–Kier alpha value is -2.57. The molecule has 188 valence electrons. The van der Waals surface area contributed by atoms with Crippen LogP contribution in [0.2, 0.25) is 0 Å². The van der Waals surface area contributed by atoms with Gasteiger partial charge in [-0.3, -0.25) is 23.3 Å². The van der Waals surface area contributed by atoms with E-state index in [9.17, 15) is 19.6 Å². The number of fused-ring (bicyclic) bond motifs is 1. The second-order valence-corrected chi connectivity index (χ2v) is 11.1. The van der Waals surface area contributed by atoms with Crippen LogP contribution in [-0.4, -0.2) is 48.3 Å². The summed E-state index contributed by atoms with van der Waals surface area (Å²) in [5.41, 5.74) is 3.31. The van der Waals surface area contributed by atoms with Crippen LogP contribution in [-0.2, 0) is 22.9 Å². The molecule has 2 unspecified atom stereocenters. The molecule has 1 aromatic carbocycles. The normalized spacial score (nSPS) is 34.9. The highest BCUT2D eigenvalue weighted by molar-refractivity contribution is 7.48. The zero-order valence-corrected chi connectivity index (χ0v) is 20.2. The van der Waals surface area contributed by atoms with Gasteiger partial charge in [0.2, 0.25) is 12.2 Å². The van der Waals surface area contributed by atoms with Gasteiger partial charge in [0.15, 0.2) is 11.9 Å². The summed E-state index contributed by atoms with van der Waals surface area (Å²) in [6, 6.07) is 10.7. The first-order valence-electron chi connectivity index (χ1n) is 11.0. The van der Waals surface area contributed by atoms with Crippen molar-refractivity contribution in [1.29, 1.82) is 0 Å². The van der Waals surface area contributed by atoms with Crippen molar-refractivity contribution >= 4 is 24.8 Å². The number of nitrogens with two attached hydrogens (primary N) is 1. The number of benzene rings is 1. The maximum atomic E-state index is 13.6. The molecular formula is C22H27N4O8P. The highest BCUT2D eigenvalue weighted by atomic mass is 31.2. The lowest BCUT2D eigenvalue weighted by molar-refractivity contribution is -0.156. The van der Waals surface area contributed by atoms with E-state index in [0.717, 1.165) is 5.56 Å². The predicted molar refractivity (Wildman–Crippen MR) is 124 cm³/mol. The van der Waals surface area contributed by atoms with E-state index in [4.69, 9.17) is 24.0 Å². The third-order valence-corrected chi connectivity index (χ3v) is 7.87.